The van der Waals surface area contributed by atoms with Crippen LogP contribution in [0.5, 0.6) is 0 Å². The van der Waals surface area contributed by atoms with E-state index in [1.807, 2.05) is 54.6 Å². The fourth-order valence-corrected chi connectivity index (χ4v) is 2.59. The van der Waals surface area contributed by atoms with Crippen LogP contribution >= 0.6 is 0 Å². The van der Waals surface area contributed by atoms with Crippen LogP contribution in [0.15, 0.2) is 91.0 Å². The Hall–Kier alpha value is -3.20. The molecule has 0 bridgehead atoms. The maximum atomic E-state index is 12.9. The summed E-state index contributed by atoms with van der Waals surface area (Å²) in [6.07, 6.45) is -0.813. The van der Waals surface area contributed by atoms with E-state index in [-0.39, 0.29) is 12.2 Å². The van der Waals surface area contributed by atoms with E-state index < -0.39 is 12.1 Å². The molecule has 3 aromatic rings. The lowest BCUT2D eigenvalue weighted by molar-refractivity contribution is -0.146. The third-order valence-corrected chi connectivity index (χ3v) is 3.84. The van der Waals surface area contributed by atoms with Crippen LogP contribution in [0.25, 0.3) is 0 Å². The van der Waals surface area contributed by atoms with Gasteiger partial charge in [-0.05, 0) is 5.56 Å². The van der Waals surface area contributed by atoms with Gasteiger partial charge in [-0.15, -0.1) is 0 Å². The summed E-state index contributed by atoms with van der Waals surface area (Å²) < 4.78 is 5.57. The Bertz CT molecular complexity index is 827. The molecule has 0 spiro atoms. The summed E-state index contributed by atoms with van der Waals surface area (Å²) in [6, 6.07) is 27.3. The van der Waals surface area contributed by atoms with Crippen molar-refractivity contribution in [3.05, 3.63) is 108 Å². The molecule has 0 saturated heterocycles. The highest BCUT2D eigenvalue weighted by atomic mass is 16.5. The molecule has 0 fully saturated rings. The second-order valence-corrected chi connectivity index (χ2v) is 5.67. The lowest BCUT2D eigenvalue weighted by atomic mass is 10.00. The van der Waals surface area contributed by atoms with Crippen LogP contribution < -0.4 is 0 Å². The van der Waals surface area contributed by atoms with Crippen molar-refractivity contribution >= 4 is 11.8 Å². The van der Waals surface area contributed by atoms with Gasteiger partial charge in [-0.2, -0.15) is 0 Å². The Morgan fingerprint density at radius 3 is 1.84 bits per heavy atom. The number of rotatable bonds is 6. The normalized spacial score (nSPS) is 11.5. The molecule has 0 aliphatic carbocycles. The second kappa shape index (κ2) is 8.06. The van der Waals surface area contributed by atoms with Gasteiger partial charge in [0.1, 0.15) is 0 Å². The zero-order valence-corrected chi connectivity index (χ0v) is 13.7. The first kappa shape index (κ1) is 16.7. The van der Waals surface area contributed by atoms with Gasteiger partial charge >= 0.3 is 5.97 Å². The Kier molecular flexibility index (Phi) is 5.37. The van der Waals surface area contributed by atoms with Gasteiger partial charge in [0.2, 0.25) is 5.78 Å². The number of Topliss-reactive ketones (excluding diaryl/α,β-unsaturated/α-hetero) is 1. The summed E-state index contributed by atoms with van der Waals surface area (Å²) in [6.45, 7) is 0. The average molecular weight is 330 g/mol. The molecule has 3 rings (SSSR count). The molecular formula is C22H18O3. The molecule has 25 heavy (non-hydrogen) atoms. The minimum atomic E-state index is -0.945. The van der Waals surface area contributed by atoms with E-state index in [0.29, 0.717) is 11.1 Å². The van der Waals surface area contributed by atoms with Crippen LogP contribution in [0, 0.1) is 0 Å². The van der Waals surface area contributed by atoms with E-state index in [0.717, 1.165) is 5.56 Å². The highest BCUT2D eigenvalue weighted by Gasteiger charge is 2.26. The van der Waals surface area contributed by atoms with Crippen LogP contribution in [-0.4, -0.2) is 11.8 Å². The van der Waals surface area contributed by atoms with Crippen molar-refractivity contribution in [2.45, 2.75) is 12.5 Å². The molecule has 0 radical (unpaired) electrons. The highest BCUT2D eigenvalue weighted by Crippen LogP contribution is 2.23. The summed E-state index contributed by atoms with van der Waals surface area (Å²) in [7, 11) is 0. The molecule has 124 valence electrons. The second-order valence-electron chi connectivity index (χ2n) is 5.67. The largest absolute Gasteiger partial charge is 0.449 e. The van der Waals surface area contributed by atoms with Crippen LogP contribution in [0.1, 0.15) is 27.6 Å². The molecule has 0 aliphatic heterocycles. The predicted molar refractivity (Wildman–Crippen MR) is 96.2 cm³/mol. The summed E-state index contributed by atoms with van der Waals surface area (Å²) >= 11 is 0. The summed E-state index contributed by atoms with van der Waals surface area (Å²) in [4.78, 5) is 25.2. The Morgan fingerprint density at radius 1 is 0.720 bits per heavy atom. The first-order chi connectivity index (χ1) is 12.2. The standard InChI is InChI=1S/C22H18O3/c23-20(16-17-10-4-1-5-11-17)25-22(19-14-8-3-9-15-19)21(24)18-12-6-2-7-13-18/h1-15,22H,16H2/t22-/m0/s1. The SMILES string of the molecule is O=C(Cc1ccccc1)O[C@H](C(=O)c1ccccc1)c1ccccc1. The molecule has 0 heterocycles. The van der Waals surface area contributed by atoms with Crippen molar-refractivity contribution in [1.82, 2.24) is 0 Å². The minimum Gasteiger partial charge on any atom is -0.449 e. The Balaban J connectivity index is 1.82. The van der Waals surface area contributed by atoms with E-state index in [1.165, 1.54) is 0 Å². The quantitative estimate of drug-likeness (QED) is 0.497. The van der Waals surface area contributed by atoms with Crippen LogP contribution in [0.4, 0.5) is 0 Å². The van der Waals surface area contributed by atoms with Crippen LogP contribution in [-0.2, 0) is 16.0 Å². The molecule has 3 nitrogen and oxygen atoms in total. The molecule has 3 heteroatoms. The third kappa shape index (κ3) is 4.42. The number of esters is 1. The first-order valence-electron chi connectivity index (χ1n) is 8.11. The molecule has 0 N–H and O–H groups in total. The number of hydrogen-bond acceptors (Lipinski definition) is 3. The number of ether oxygens (including phenoxy) is 1. The maximum absolute atomic E-state index is 12.9. The van der Waals surface area contributed by atoms with Gasteiger partial charge in [0.05, 0.1) is 6.42 Å². The van der Waals surface area contributed by atoms with Gasteiger partial charge in [-0.3, -0.25) is 9.59 Å². The smallest absolute Gasteiger partial charge is 0.311 e. The first-order valence-corrected chi connectivity index (χ1v) is 8.11. The molecule has 3 aromatic carbocycles. The Morgan fingerprint density at radius 2 is 1.24 bits per heavy atom. The molecule has 0 unspecified atom stereocenters. The molecule has 0 amide bonds. The van der Waals surface area contributed by atoms with Crippen molar-refractivity contribution in [3.63, 3.8) is 0 Å². The van der Waals surface area contributed by atoms with Gasteiger partial charge in [-0.25, -0.2) is 0 Å². The van der Waals surface area contributed by atoms with Gasteiger partial charge in [-0.1, -0.05) is 91.0 Å². The number of carbonyl (C=O) groups is 2. The third-order valence-electron chi connectivity index (χ3n) is 3.84. The van der Waals surface area contributed by atoms with Gasteiger partial charge in [0.15, 0.2) is 6.10 Å². The van der Waals surface area contributed by atoms with E-state index in [1.54, 1.807) is 36.4 Å². The number of ketones is 1. The van der Waals surface area contributed by atoms with E-state index in [4.69, 9.17) is 4.74 Å². The molecule has 0 aliphatic rings. The lowest BCUT2D eigenvalue weighted by Gasteiger charge is -2.17. The van der Waals surface area contributed by atoms with E-state index in [9.17, 15) is 9.59 Å². The Labute approximate surface area is 146 Å². The minimum absolute atomic E-state index is 0.131. The van der Waals surface area contributed by atoms with Crippen molar-refractivity contribution < 1.29 is 14.3 Å². The summed E-state index contributed by atoms with van der Waals surface area (Å²) in [5.41, 5.74) is 2.04. The van der Waals surface area contributed by atoms with Crippen molar-refractivity contribution in [1.29, 1.82) is 0 Å². The zero-order valence-electron chi connectivity index (χ0n) is 13.7. The molecule has 1 atom stereocenters. The molecule has 0 saturated carbocycles. The average Bonchev–Trinajstić information content (AvgIpc) is 2.68. The van der Waals surface area contributed by atoms with Crippen LogP contribution in [0.3, 0.4) is 0 Å². The zero-order chi connectivity index (χ0) is 17.5. The monoisotopic (exact) mass is 330 g/mol. The van der Waals surface area contributed by atoms with Crippen molar-refractivity contribution in [2.75, 3.05) is 0 Å². The fourth-order valence-electron chi connectivity index (χ4n) is 2.59. The van der Waals surface area contributed by atoms with E-state index >= 15 is 0 Å². The van der Waals surface area contributed by atoms with Gasteiger partial charge in [0, 0.05) is 11.1 Å². The van der Waals surface area contributed by atoms with Crippen LogP contribution in [0.2, 0.25) is 0 Å². The van der Waals surface area contributed by atoms with Gasteiger partial charge in [0.25, 0.3) is 0 Å². The molecular weight excluding hydrogens is 312 g/mol. The van der Waals surface area contributed by atoms with Crippen molar-refractivity contribution in [2.24, 2.45) is 0 Å². The van der Waals surface area contributed by atoms with E-state index in [2.05, 4.69) is 0 Å². The van der Waals surface area contributed by atoms with Crippen molar-refractivity contribution in [3.8, 4) is 0 Å². The topological polar surface area (TPSA) is 43.4 Å². The number of benzene rings is 3. The highest BCUT2D eigenvalue weighted by molar-refractivity contribution is 6.01. The molecule has 0 aromatic heterocycles. The summed E-state index contributed by atoms with van der Waals surface area (Å²) in [5.74, 6) is -0.655. The predicted octanol–water partition coefficient (Wildman–Crippen LogP) is 4.40. The maximum Gasteiger partial charge on any atom is 0.311 e. The number of hydrogen-bond donors (Lipinski definition) is 0. The number of carbonyl (C=O) groups excluding carboxylic acids is 2. The summed E-state index contributed by atoms with van der Waals surface area (Å²) in [5, 5.41) is 0. The lowest BCUT2D eigenvalue weighted by Crippen LogP contribution is -2.21. The van der Waals surface area contributed by atoms with Gasteiger partial charge < -0.3 is 4.74 Å². The fraction of sp³-hybridized carbons (Fsp3) is 0.0909.